The average Bonchev–Trinajstić information content (AvgIpc) is 3.00. The van der Waals surface area contributed by atoms with Crippen molar-refractivity contribution in [3.8, 4) is 10.6 Å². The van der Waals surface area contributed by atoms with Gasteiger partial charge in [0.05, 0.1) is 10.0 Å². The summed E-state index contributed by atoms with van der Waals surface area (Å²) in [6.07, 6.45) is 0. The molecule has 0 aliphatic carbocycles. The number of nitrogens with zero attached hydrogens (tertiary/aromatic N) is 2. The van der Waals surface area contributed by atoms with Crippen molar-refractivity contribution in [2.75, 3.05) is 26.2 Å². The maximum absolute atomic E-state index is 12.4. The van der Waals surface area contributed by atoms with Crippen molar-refractivity contribution in [3.05, 3.63) is 39.3 Å². The number of carbonyl (C=O) groups excluding carboxylic acids is 1. The average molecular weight is 342 g/mol. The molecular formula is C14H13Cl2N3OS. The highest BCUT2D eigenvalue weighted by atomic mass is 35.5. The van der Waals surface area contributed by atoms with Gasteiger partial charge in [0.15, 0.2) is 0 Å². The lowest BCUT2D eigenvalue weighted by Gasteiger charge is -2.26. The number of amides is 1. The first kappa shape index (κ1) is 14.8. The van der Waals surface area contributed by atoms with Crippen molar-refractivity contribution in [2.24, 2.45) is 0 Å². The molecule has 1 aromatic carbocycles. The van der Waals surface area contributed by atoms with Crippen LogP contribution in [0.5, 0.6) is 0 Å². The van der Waals surface area contributed by atoms with Crippen LogP contribution < -0.4 is 5.32 Å². The molecule has 1 N–H and O–H groups in total. The number of rotatable bonds is 2. The topological polar surface area (TPSA) is 45.2 Å². The number of aromatic nitrogens is 1. The summed E-state index contributed by atoms with van der Waals surface area (Å²) in [5.74, 6) is -0.0148. The lowest BCUT2D eigenvalue weighted by molar-refractivity contribution is 0.0731. The largest absolute Gasteiger partial charge is 0.335 e. The van der Waals surface area contributed by atoms with E-state index >= 15 is 0 Å². The van der Waals surface area contributed by atoms with Crippen LogP contribution in [0.1, 0.15) is 10.5 Å². The van der Waals surface area contributed by atoms with E-state index in [1.54, 1.807) is 17.5 Å². The Balaban J connectivity index is 1.82. The van der Waals surface area contributed by atoms with Gasteiger partial charge in [0.1, 0.15) is 10.7 Å². The summed E-state index contributed by atoms with van der Waals surface area (Å²) in [5.41, 5.74) is 1.36. The second-order valence-electron chi connectivity index (χ2n) is 4.71. The maximum atomic E-state index is 12.4. The van der Waals surface area contributed by atoms with Crippen LogP contribution in [0.3, 0.4) is 0 Å². The SMILES string of the molecule is O=C(c1csc(-c2ccc(Cl)c(Cl)c2)n1)N1CCNCC1. The molecule has 2 aromatic rings. The minimum absolute atomic E-state index is 0.0148. The lowest BCUT2D eigenvalue weighted by atomic mass is 10.2. The Labute approximate surface area is 136 Å². The summed E-state index contributed by atoms with van der Waals surface area (Å²) in [5, 5.41) is 6.78. The van der Waals surface area contributed by atoms with E-state index in [-0.39, 0.29) is 5.91 Å². The van der Waals surface area contributed by atoms with Gasteiger partial charge in [-0.2, -0.15) is 0 Å². The molecule has 110 valence electrons. The number of carbonyl (C=O) groups is 1. The first-order valence-corrected chi connectivity index (χ1v) is 8.19. The number of hydrogen-bond acceptors (Lipinski definition) is 4. The van der Waals surface area contributed by atoms with E-state index in [9.17, 15) is 4.79 Å². The molecule has 1 aromatic heterocycles. The Morgan fingerprint density at radius 3 is 2.71 bits per heavy atom. The van der Waals surface area contributed by atoms with Crippen molar-refractivity contribution in [1.29, 1.82) is 0 Å². The summed E-state index contributed by atoms with van der Waals surface area (Å²) in [6.45, 7) is 3.10. The van der Waals surface area contributed by atoms with Gasteiger partial charge in [-0.3, -0.25) is 4.79 Å². The molecule has 1 amide bonds. The molecule has 7 heteroatoms. The summed E-state index contributed by atoms with van der Waals surface area (Å²) in [4.78, 5) is 18.6. The van der Waals surface area contributed by atoms with Crippen molar-refractivity contribution in [3.63, 3.8) is 0 Å². The number of nitrogens with one attached hydrogen (secondary N) is 1. The molecule has 0 atom stereocenters. The molecule has 0 bridgehead atoms. The molecule has 4 nitrogen and oxygen atoms in total. The fourth-order valence-corrected chi connectivity index (χ4v) is 3.25. The Hall–Kier alpha value is -1.14. The van der Waals surface area contributed by atoms with Crippen LogP contribution in [0, 0.1) is 0 Å². The van der Waals surface area contributed by atoms with E-state index in [4.69, 9.17) is 23.2 Å². The molecule has 3 rings (SSSR count). The van der Waals surface area contributed by atoms with Gasteiger partial charge in [0, 0.05) is 37.1 Å². The van der Waals surface area contributed by atoms with Gasteiger partial charge in [0.2, 0.25) is 0 Å². The predicted octanol–water partition coefficient (Wildman–Crippen LogP) is 3.16. The van der Waals surface area contributed by atoms with Crippen LogP contribution in [0.25, 0.3) is 10.6 Å². The molecule has 1 aliphatic heterocycles. The van der Waals surface area contributed by atoms with Gasteiger partial charge in [0.25, 0.3) is 5.91 Å². The van der Waals surface area contributed by atoms with E-state index in [1.165, 1.54) is 11.3 Å². The first-order valence-electron chi connectivity index (χ1n) is 6.56. The lowest BCUT2D eigenvalue weighted by Crippen LogP contribution is -2.46. The van der Waals surface area contributed by atoms with Crippen LogP contribution in [-0.4, -0.2) is 42.0 Å². The van der Waals surface area contributed by atoms with E-state index in [1.807, 2.05) is 11.0 Å². The Kier molecular flexibility index (Phi) is 4.45. The van der Waals surface area contributed by atoms with Crippen LogP contribution >= 0.6 is 34.5 Å². The highest BCUT2D eigenvalue weighted by Gasteiger charge is 2.20. The molecule has 0 radical (unpaired) electrons. The van der Waals surface area contributed by atoms with Crippen molar-refractivity contribution >= 4 is 40.4 Å². The predicted molar refractivity (Wildman–Crippen MR) is 86.3 cm³/mol. The zero-order valence-corrected chi connectivity index (χ0v) is 13.4. The van der Waals surface area contributed by atoms with Crippen LogP contribution in [0.2, 0.25) is 10.0 Å². The second-order valence-corrected chi connectivity index (χ2v) is 6.38. The molecule has 2 heterocycles. The minimum Gasteiger partial charge on any atom is -0.335 e. The fraction of sp³-hybridized carbons (Fsp3) is 0.286. The van der Waals surface area contributed by atoms with Gasteiger partial charge in [-0.15, -0.1) is 11.3 Å². The quantitative estimate of drug-likeness (QED) is 0.912. The number of thiazole rings is 1. The molecule has 1 fully saturated rings. The number of piperazine rings is 1. The molecule has 1 aliphatic rings. The van der Waals surface area contributed by atoms with Gasteiger partial charge in [-0.25, -0.2) is 4.98 Å². The highest BCUT2D eigenvalue weighted by Crippen LogP contribution is 2.30. The molecule has 1 saturated heterocycles. The summed E-state index contributed by atoms with van der Waals surface area (Å²) >= 11 is 13.4. The summed E-state index contributed by atoms with van der Waals surface area (Å²) in [7, 11) is 0. The van der Waals surface area contributed by atoms with Crippen molar-refractivity contribution < 1.29 is 4.79 Å². The van der Waals surface area contributed by atoms with Crippen LogP contribution in [0.15, 0.2) is 23.6 Å². The molecular weight excluding hydrogens is 329 g/mol. The molecule has 0 saturated carbocycles. The normalized spacial score (nSPS) is 15.2. The minimum atomic E-state index is -0.0148. The highest BCUT2D eigenvalue weighted by molar-refractivity contribution is 7.13. The van der Waals surface area contributed by atoms with Crippen molar-refractivity contribution in [2.45, 2.75) is 0 Å². The zero-order chi connectivity index (χ0) is 14.8. The van der Waals surface area contributed by atoms with Gasteiger partial charge in [-0.05, 0) is 12.1 Å². The third kappa shape index (κ3) is 3.21. The first-order chi connectivity index (χ1) is 10.1. The second kappa shape index (κ2) is 6.32. The van der Waals surface area contributed by atoms with E-state index in [0.29, 0.717) is 15.7 Å². The molecule has 0 spiro atoms. The van der Waals surface area contributed by atoms with Crippen molar-refractivity contribution in [1.82, 2.24) is 15.2 Å². The third-order valence-corrected chi connectivity index (χ3v) is 4.92. The van der Waals surface area contributed by atoms with E-state index in [0.717, 1.165) is 36.8 Å². The Morgan fingerprint density at radius 1 is 1.24 bits per heavy atom. The monoisotopic (exact) mass is 341 g/mol. The van der Waals surface area contributed by atoms with E-state index in [2.05, 4.69) is 10.3 Å². The number of benzene rings is 1. The van der Waals surface area contributed by atoms with Crippen LogP contribution in [0.4, 0.5) is 0 Å². The van der Waals surface area contributed by atoms with Gasteiger partial charge in [-0.1, -0.05) is 29.3 Å². The molecule has 21 heavy (non-hydrogen) atoms. The van der Waals surface area contributed by atoms with E-state index < -0.39 is 0 Å². The Bertz CT molecular complexity index is 668. The standard InChI is InChI=1S/C14H13Cl2N3OS/c15-10-2-1-9(7-11(10)16)13-18-12(8-21-13)14(20)19-5-3-17-4-6-19/h1-2,7-8,17H,3-6H2. The molecule has 0 unspecified atom stereocenters. The number of hydrogen-bond donors (Lipinski definition) is 1. The summed E-state index contributed by atoms with van der Waals surface area (Å²) < 4.78 is 0. The van der Waals surface area contributed by atoms with Gasteiger partial charge >= 0.3 is 0 Å². The van der Waals surface area contributed by atoms with Crippen LogP contribution in [-0.2, 0) is 0 Å². The van der Waals surface area contributed by atoms with Gasteiger partial charge < -0.3 is 10.2 Å². The smallest absolute Gasteiger partial charge is 0.273 e. The summed E-state index contributed by atoms with van der Waals surface area (Å²) in [6, 6.07) is 5.35. The third-order valence-electron chi connectivity index (χ3n) is 3.29. The Morgan fingerprint density at radius 2 is 2.00 bits per heavy atom. The fourth-order valence-electron chi connectivity index (χ4n) is 2.16. The zero-order valence-electron chi connectivity index (χ0n) is 11.1. The maximum Gasteiger partial charge on any atom is 0.273 e. The number of halogens is 2.